The summed E-state index contributed by atoms with van der Waals surface area (Å²) in [5, 5.41) is 0. The average molecular weight is 300 g/mol. The fourth-order valence-corrected chi connectivity index (χ4v) is 2.45. The van der Waals surface area contributed by atoms with Gasteiger partial charge in [0.2, 0.25) is 5.91 Å². The van der Waals surface area contributed by atoms with Gasteiger partial charge in [-0.25, -0.2) is 0 Å². The maximum absolute atomic E-state index is 12.5. The topological polar surface area (TPSA) is 23.6 Å². The Labute approximate surface area is 122 Å². The van der Waals surface area contributed by atoms with Gasteiger partial charge in [-0.05, 0) is 30.7 Å². The number of halogens is 3. The lowest BCUT2D eigenvalue weighted by molar-refractivity contribution is -0.137. The lowest BCUT2D eigenvalue weighted by Gasteiger charge is -2.36. The minimum atomic E-state index is -4.30. The number of piperazine rings is 1. The third kappa shape index (κ3) is 3.89. The summed E-state index contributed by atoms with van der Waals surface area (Å²) in [6.45, 7) is 4.53. The van der Waals surface area contributed by atoms with Crippen LogP contribution in [0.15, 0.2) is 24.3 Å². The number of alkyl halides is 3. The van der Waals surface area contributed by atoms with E-state index in [9.17, 15) is 18.0 Å². The van der Waals surface area contributed by atoms with Crippen molar-refractivity contribution in [2.24, 2.45) is 0 Å². The number of hydrogen-bond acceptors (Lipinski definition) is 2. The number of carbonyl (C=O) groups excluding carboxylic acids is 1. The molecule has 1 heterocycles. The van der Waals surface area contributed by atoms with Crippen LogP contribution in [0.5, 0.6) is 0 Å². The first-order valence-electron chi connectivity index (χ1n) is 7.12. The number of hydrogen-bond donors (Lipinski definition) is 0. The molecule has 0 spiro atoms. The van der Waals surface area contributed by atoms with Gasteiger partial charge in [0.25, 0.3) is 0 Å². The van der Waals surface area contributed by atoms with E-state index in [-0.39, 0.29) is 5.91 Å². The second kappa shape index (κ2) is 6.37. The molecule has 1 aromatic carbocycles. The second-order valence-corrected chi connectivity index (χ2v) is 5.16. The minimum Gasteiger partial charge on any atom is -0.368 e. The molecule has 6 heteroatoms. The SMILES string of the molecule is CCCC(=O)N1CCN(c2ccc(C(F)(F)F)cc2)CC1. The summed E-state index contributed by atoms with van der Waals surface area (Å²) < 4.78 is 37.6. The molecular formula is C15H19F3N2O. The Morgan fingerprint density at radius 3 is 2.14 bits per heavy atom. The lowest BCUT2D eigenvalue weighted by Crippen LogP contribution is -2.48. The molecule has 1 saturated heterocycles. The van der Waals surface area contributed by atoms with Gasteiger partial charge in [0.15, 0.2) is 0 Å². The van der Waals surface area contributed by atoms with Crippen LogP contribution in [0.25, 0.3) is 0 Å². The Kier molecular flexibility index (Phi) is 4.75. The van der Waals surface area contributed by atoms with Gasteiger partial charge in [0.05, 0.1) is 5.56 Å². The van der Waals surface area contributed by atoms with E-state index in [1.54, 1.807) is 0 Å². The number of benzene rings is 1. The highest BCUT2D eigenvalue weighted by molar-refractivity contribution is 5.76. The van der Waals surface area contributed by atoms with Crippen molar-refractivity contribution in [3.63, 3.8) is 0 Å². The Morgan fingerprint density at radius 1 is 1.10 bits per heavy atom. The van der Waals surface area contributed by atoms with Crippen LogP contribution in [0.1, 0.15) is 25.3 Å². The highest BCUT2D eigenvalue weighted by atomic mass is 19.4. The van der Waals surface area contributed by atoms with Crippen molar-refractivity contribution in [3.8, 4) is 0 Å². The molecule has 3 nitrogen and oxygen atoms in total. The van der Waals surface area contributed by atoms with Crippen molar-refractivity contribution < 1.29 is 18.0 Å². The molecule has 0 aliphatic carbocycles. The third-order valence-corrected chi connectivity index (χ3v) is 3.66. The predicted molar refractivity (Wildman–Crippen MR) is 75.1 cm³/mol. The van der Waals surface area contributed by atoms with E-state index in [2.05, 4.69) is 0 Å². The van der Waals surface area contributed by atoms with E-state index in [1.807, 2.05) is 16.7 Å². The first-order chi connectivity index (χ1) is 9.91. The van der Waals surface area contributed by atoms with Crippen LogP contribution in [0.2, 0.25) is 0 Å². The fraction of sp³-hybridized carbons (Fsp3) is 0.533. The summed E-state index contributed by atoms with van der Waals surface area (Å²) in [5.41, 5.74) is 0.133. The fourth-order valence-electron chi connectivity index (χ4n) is 2.45. The van der Waals surface area contributed by atoms with Gasteiger partial charge in [-0.1, -0.05) is 6.92 Å². The van der Waals surface area contributed by atoms with Crippen LogP contribution < -0.4 is 4.90 Å². The van der Waals surface area contributed by atoms with Crippen LogP contribution in [0.4, 0.5) is 18.9 Å². The molecule has 1 aromatic rings. The zero-order valence-corrected chi connectivity index (χ0v) is 12.0. The highest BCUT2D eigenvalue weighted by Crippen LogP contribution is 2.30. The molecule has 0 saturated carbocycles. The summed E-state index contributed by atoms with van der Waals surface area (Å²) in [4.78, 5) is 15.6. The third-order valence-electron chi connectivity index (χ3n) is 3.66. The first kappa shape index (κ1) is 15.7. The van der Waals surface area contributed by atoms with Gasteiger partial charge < -0.3 is 9.80 Å². The first-order valence-corrected chi connectivity index (χ1v) is 7.12. The minimum absolute atomic E-state index is 0.157. The summed E-state index contributed by atoms with van der Waals surface area (Å²) in [6.07, 6.45) is -2.91. The number of rotatable bonds is 3. The van der Waals surface area contributed by atoms with Gasteiger partial charge in [-0.2, -0.15) is 13.2 Å². The molecule has 0 unspecified atom stereocenters. The van der Waals surface area contributed by atoms with Gasteiger partial charge in [-0.3, -0.25) is 4.79 Å². The van der Waals surface area contributed by atoms with Crippen LogP contribution in [-0.2, 0) is 11.0 Å². The molecule has 1 aliphatic rings. The van der Waals surface area contributed by atoms with Gasteiger partial charge in [0.1, 0.15) is 0 Å². The maximum atomic E-state index is 12.5. The molecule has 0 aromatic heterocycles. The molecule has 116 valence electrons. The summed E-state index contributed by atoms with van der Waals surface area (Å²) in [5.74, 6) is 0.157. The van der Waals surface area contributed by atoms with Crippen molar-refractivity contribution in [1.82, 2.24) is 4.90 Å². The van der Waals surface area contributed by atoms with Crippen LogP contribution in [-0.4, -0.2) is 37.0 Å². The average Bonchev–Trinajstić information content (AvgIpc) is 2.47. The van der Waals surface area contributed by atoms with Crippen LogP contribution in [0.3, 0.4) is 0 Å². The molecule has 21 heavy (non-hydrogen) atoms. The van der Waals surface area contributed by atoms with Crippen molar-refractivity contribution in [3.05, 3.63) is 29.8 Å². The smallest absolute Gasteiger partial charge is 0.368 e. The maximum Gasteiger partial charge on any atom is 0.416 e. The van der Waals surface area contributed by atoms with E-state index in [4.69, 9.17) is 0 Å². The molecule has 1 amide bonds. The van der Waals surface area contributed by atoms with Gasteiger partial charge in [-0.15, -0.1) is 0 Å². The van der Waals surface area contributed by atoms with Gasteiger partial charge >= 0.3 is 6.18 Å². The molecule has 0 atom stereocenters. The van der Waals surface area contributed by atoms with E-state index in [0.29, 0.717) is 32.6 Å². The zero-order valence-electron chi connectivity index (χ0n) is 12.0. The van der Waals surface area contributed by atoms with Crippen molar-refractivity contribution in [2.75, 3.05) is 31.1 Å². The van der Waals surface area contributed by atoms with Gasteiger partial charge in [0, 0.05) is 38.3 Å². The Hall–Kier alpha value is -1.72. The Bertz CT molecular complexity index is 477. The number of amides is 1. The van der Waals surface area contributed by atoms with E-state index in [1.165, 1.54) is 12.1 Å². The number of anilines is 1. The van der Waals surface area contributed by atoms with Crippen molar-refractivity contribution in [2.45, 2.75) is 25.9 Å². The summed E-state index contributed by atoms with van der Waals surface area (Å²) >= 11 is 0. The molecule has 1 aliphatic heterocycles. The van der Waals surface area contributed by atoms with E-state index in [0.717, 1.165) is 24.2 Å². The summed E-state index contributed by atoms with van der Waals surface area (Å²) in [6, 6.07) is 5.19. The normalized spacial score (nSPS) is 16.2. The second-order valence-electron chi connectivity index (χ2n) is 5.16. The Morgan fingerprint density at radius 2 is 1.67 bits per heavy atom. The van der Waals surface area contributed by atoms with Crippen LogP contribution >= 0.6 is 0 Å². The predicted octanol–water partition coefficient (Wildman–Crippen LogP) is 3.15. The number of nitrogens with zero attached hydrogens (tertiary/aromatic N) is 2. The molecular weight excluding hydrogens is 281 g/mol. The molecule has 0 bridgehead atoms. The quantitative estimate of drug-likeness (QED) is 0.856. The lowest BCUT2D eigenvalue weighted by atomic mass is 10.1. The van der Waals surface area contributed by atoms with Crippen molar-refractivity contribution in [1.29, 1.82) is 0 Å². The number of carbonyl (C=O) groups is 1. The van der Waals surface area contributed by atoms with Crippen LogP contribution in [0, 0.1) is 0 Å². The molecule has 2 rings (SSSR count). The summed E-state index contributed by atoms with van der Waals surface area (Å²) in [7, 11) is 0. The van der Waals surface area contributed by atoms with E-state index < -0.39 is 11.7 Å². The largest absolute Gasteiger partial charge is 0.416 e. The highest BCUT2D eigenvalue weighted by Gasteiger charge is 2.30. The molecule has 0 radical (unpaired) electrons. The monoisotopic (exact) mass is 300 g/mol. The zero-order chi connectivity index (χ0) is 15.5. The van der Waals surface area contributed by atoms with Crippen molar-refractivity contribution >= 4 is 11.6 Å². The Balaban J connectivity index is 1.95. The standard InChI is InChI=1S/C15H19F3N2O/c1-2-3-14(21)20-10-8-19(9-11-20)13-6-4-12(5-7-13)15(16,17)18/h4-7H,2-3,8-11H2,1H3. The molecule has 0 N–H and O–H groups in total. The molecule has 1 fully saturated rings. The van der Waals surface area contributed by atoms with E-state index >= 15 is 0 Å².